The zero-order valence-corrected chi connectivity index (χ0v) is 19.0. The Morgan fingerprint density at radius 1 is 1.06 bits per heavy atom. The van der Waals surface area contributed by atoms with E-state index in [0.717, 1.165) is 26.7 Å². The van der Waals surface area contributed by atoms with Crippen LogP contribution in [0.4, 0.5) is 18.9 Å². The molecule has 0 radical (unpaired) electrons. The Balaban J connectivity index is 1.21. The van der Waals surface area contributed by atoms with Gasteiger partial charge in [0.25, 0.3) is 5.91 Å². The highest BCUT2D eigenvalue weighted by Crippen LogP contribution is 2.32. The molecule has 2 aromatic carbocycles. The van der Waals surface area contributed by atoms with Crippen LogP contribution in [0.2, 0.25) is 0 Å². The largest absolute Gasteiger partial charge is 0.455 e. The first-order chi connectivity index (χ1) is 15.8. The van der Waals surface area contributed by atoms with Crippen LogP contribution in [0.1, 0.15) is 5.56 Å². The molecule has 1 fully saturated rings. The van der Waals surface area contributed by atoms with E-state index in [0.29, 0.717) is 31.9 Å². The van der Waals surface area contributed by atoms with Crippen LogP contribution in [0.15, 0.2) is 52.9 Å². The van der Waals surface area contributed by atoms with Crippen LogP contribution in [0.3, 0.4) is 0 Å². The van der Waals surface area contributed by atoms with Crippen LogP contribution in [0.25, 0.3) is 10.2 Å². The highest BCUT2D eigenvalue weighted by atomic mass is 32.2. The van der Waals surface area contributed by atoms with E-state index in [9.17, 15) is 22.8 Å². The molecule has 0 atom stereocenters. The van der Waals surface area contributed by atoms with Gasteiger partial charge in [-0.25, -0.2) is 4.98 Å². The minimum atomic E-state index is -4.40. The number of para-hydroxylation sites is 1. The first-order valence-electron chi connectivity index (χ1n) is 10.1. The number of thiazole rings is 1. The number of fused-ring (bicyclic) bond motifs is 1. The molecule has 6 nitrogen and oxygen atoms in total. The number of carbonyl (C=O) groups is 2. The van der Waals surface area contributed by atoms with Gasteiger partial charge in [0, 0.05) is 31.9 Å². The number of aromatic nitrogens is 1. The van der Waals surface area contributed by atoms with Crippen molar-refractivity contribution >= 4 is 50.9 Å². The van der Waals surface area contributed by atoms with Crippen molar-refractivity contribution in [2.24, 2.45) is 0 Å². The lowest BCUT2D eigenvalue weighted by Crippen LogP contribution is -2.50. The van der Waals surface area contributed by atoms with Gasteiger partial charge in [-0.3, -0.25) is 9.59 Å². The minimum Gasteiger partial charge on any atom is -0.455 e. The standard InChI is InChI=1S/C22H20F3N3O3S2/c23-22(24,25)15-4-3-5-16(12-15)27-8-10-28(11-9-27)19(29)13-31-20(30)14-32-21-26-17-6-1-2-7-18(17)33-21/h1-7,12H,8-11,13-14H2. The average molecular weight is 496 g/mol. The Kier molecular flexibility index (Phi) is 7.08. The maximum atomic E-state index is 12.9. The summed E-state index contributed by atoms with van der Waals surface area (Å²) in [6, 6.07) is 12.8. The fourth-order valence-electron chi connectivity index (χ4n) is 3.40. The van der Waals surface area contributed by atoms with Crippen molar-refractivity contribution in [2.45, 2.75) is 10.5 Å². The number of ether oxygens (including phenoxy) is 1. The second-order valence-electron chi connectivity index (χ2n) is 7.31. The predicted octanol–water partition coefficient (Wildman–Crippen LogP) is 4.30. The summed E-state index contributed by atoms with van der Waals surface area (Å²) in [5, 5.41) is 0. The fraction of sp³-hybridized carbons (Fsp3) is 0.318. The molecule has 0 unspecified atom stereocenters. The van der Waals surface area contributed by atoms with Crippen molar-refractivity contribution in [1.29, 1.82) is 0 Å². The van der Waals surface area contributed by atoms with Gasteiger partial charge < -0.3 is 14.5 Å². The van der Waals surface area contributed by atoms with Gasteiger partial charge in [-0.1, -0.05) is 30.0 Å². The summed E-state index contributed by atoms with van der Waals surface area (Å²) in [5.41, 5.74) is 0.641. The van der Waals surface area contributed by atoms with E-state index in [1.54, 1.807) is 15.9 Å². The molecule has 1 aliphatic heterocycles. The normalized spacial score (nSPS) is 14.5. The second kappa shape index (κ2) is 10.0. The number of rotatable bonds is 6. The molecule has 1 saturated heterocycles. The Morgan fingerprint density at radius 2 is 1.82 bits per heavy atom. The molecule has 1 amide bonds. The maximum Gasteiger partial charge on any atom is 0.416 e. The van der Waals surface area contributed by atoms with E-state index < -0.39 is 17.7 Å². The molecule has 2 heterocycles. The zero-order chi connectivity index (χ0) is 23.4. The summed E-state index contributed by atoms with van der Waals surface area (Å²) < 4.78 is 45.7. The molecule has 0 aliphatic carbocycles. The summed E-state index contributed by atoms with van der Waals surface area (Å²) in [7, 11) is 0. The quantitative estimate of drug-likeness (QED) is 0.375. The van der Waals surface area contributed by atoms with Crippen LogP contribution in [-0.2, 0) is 20.5 Å². The van der Waals surface area contributed by atoms with Gasteiger partial charge in [-0.2, -0.15) is 13.2 Å². The number of hydrogen-bond acceptors (Lipinski definition) is 7. The molecule has 4 rings (SSSR count). The summed E-state index contributed by atoms with van der Waals surface area (Å²) in [6.45, 7) is 1.12. The number of nitrogens with zero attached hydrogens (tertiary/aromatic N) is 3. The molecule has 0 spiro atoms. The van der Waals surface area contributed by atoms with E-state index in [2.05, 4.69) is 4.98 Å². The second-order valence-corrected chi connectivity index (χ2v) is 9.57. The van der Waals surface area contributed by atoms with Gasteiger partial charge in [0.2, 0.25) is 0 Å². The van der Waals surface area contributed by atoms with E-state index in [1.165, 1.54) is 29.2 Å². The minimum absolute atomic E-state index is 0.0520. The Labute approximate surface area is 196 Å². The number of thioether (sulfide) groups is 1. The molecule has 11 heteroatoms. The van der Waals surface area contributed by atoms with Gasteiger partial charge >= 0.3 is 12.1 Å². The van der Waals surface area contributed by atoms with Gasteiger partial charge in [0.15, 0.2) is 10.9 Å². The number of hydrogen-bond donors (Lipinski definition) is 0. The Bertz CT molecular complexity index is 1110. The van der Waals surface area contributed by atoms with Gasteiger partial charge in [0.1, 0.15) is 0 Å². The van der Waals surface area contributed by atoms with E-state index in [1.807, 2.05) is 24.3 Å². The summed E-state index contributed by atoms with van der Waals surface area (Å²) in [5.74, 6) is -0.775. The van der Waals surface area contributed by atoms with Crippen LogP contribution in [0, 0.1) is 0 Å². The van der Waals surface area contributed by atoms with Gasteiger partial charge in [-0.15, -0.1) is 11.3 Å². The topological polar surface area (TPSA) is 62.7 Å². The first kappa shape index (κ1) is 23.4. The lowest BCUT2D eigenvalue weighted by atomic mass is 10.1. The fourth-order valence-corrected chi connectivity index (χ4v) is 5.27. The van der Waals surface area contributed by atoms with Crippen molar-refractivity contribution in [1.82, 2.24) is 9.88 Å². The number of piperazine rings is 1. The Hall–Kier alpha value is -2.79. The van der Waals surface area contributed by atoms with Gasteiger partial charge in [-0.05, 0) is 30.3 Å². The van der Waals surface area contributed by atoms with E-state index >= 15 is 0 Å². The first-order valence-corrected chi connectivity index (χ1v) is 11.9. The van der Waals surface area contributed by atoms with E-state index in [4.69, 9.17) is 4.74 Å². The van der Waals surface area contributed by atoms with Crippen LogP contribution in [-0.4, -0.2) is 60.3 Å². The third kappa shape index (κ3) is 5.97. The van der Waals surface area contributed by atoms with Crippen LogP contribution < -0.4 is 4.90 Å². The van der Waals surface area contributed by atoms with Crippen molar-refractivity contribution in [3.8, 4) is 0 Å². The van der Waals surface area contributed by atoms with Crippen molar-refractivity contribution in [3.63, 3.8) is 0 Å². The van der Waals surface area contributed by atoms with Crippen molar-refractivity contribution < 1.29 is 27.5 Å². The van der Waals surface area contributed by atoms with Gasteiger partial charge in [0.05, 0.1) is 21.5 Å². The van der Waals surface area contributed by atoms with Crippen LogP contribution in [0.5, 0.6) is 0 Å². The molecular weight excluding hydrogens is 475 g/mol. The summed E-state index contributed by atoms with van der Waals surface area (Å²) >= 11 is 2.75. The molecule has 0 bridgehead atoms. The zero-order valence-electron chi connectivity index (χ0n) is 17.4. The van der Waals surface area contributed by atoms with Crippen molar-refractivity contribution in [3.05, 3.63) is 54.1 Å². The number of esters is 1. The lowest BCUT2D eigenvalue weighted by Gasteiger charge is -2.36. The molecule has 33 heavy (non-hydrogen) atoms. The summed E-state index contributed by atoms with van der Waals surface area (Å²) in [6.07, 6.45) is -4.40. The summed E-state index contributed by atoms with van der Waals surface area (Å²) in [4.78, 5) is 32.2. The predicted molar refractivity (Wildman–Crippen MR) is 122 cm³/mol. The highest BCUT2D eigenvalue weighted by Gasteiger charge is 2.31. The molecule has 174 valence electrons. The molecular formula is C22H20F3N3O3S2. The number of benzene rings is 2. The molecule has 0 N–H and O–H groups in total. The third-order valence-electron chi connectivity index (χ3n) is 5.12. The SMILES string of the molecule is O=C(CSc1nc2ccccc2s1)OCC(=O)N1CCN(c2cccc(C(F)(F)F)c2)CC1. The van der Waals surface area contributed by atoms with Crippen LogP contribution >= 0.6 is 23.1 Å². The number of anilines is 1. The number of halogens is 3. The number of amides is 1. The third-order valence-corrected chi connectivity index (χ3v) is 7.27. The highest BCUT2D eigenvalue weighted by molar-refractivity contribution is 8.01. The number of alkyl halides is 3. The maximum absolute atomic E-state index is 12.9. The lowest BCUT2D eigenvalue weighted by molar-refractivity contribution is -0.150. The monoisotopic (exact) mass is 495 g/mol. The number of carbonyl (C=O) groups excluding carboxylic acids is 2. The molecule has 0 saturated carbocycles. The molecule has 3 aromatic rings. The van der Waals surface area contributed by atoms with E-state index in [-0.39, 0.29) is 18.3 Å². The molecule has 1 aromatic heterocycles. The van der Waals surface area contributed by atoms with Crippen molar-refractivity contribution in [2.75, 3.05) is 43.4 Å². The average Bonchev–Trinajstić information content (AvgIpc) is 3.24. The molecule has 1 aliphatic rings. The smallest absolute Gasteiger partial charge is 0.416 e. The Morgan fingerprint density at radius 3 is 2.55 bits per heavy atom.